The molecule has 0 aliphatic rings. The van der Waals surface area contributed by atoms with Crippen molar-refractivity contribution in [3.05, 3.63) is 12.2 Å². The van der Waals surface area contributed by atoms with Crippen LogP contribution in [-0.2, 0) is 0 Å². The first kappa shape index (κ1) is 11.7. The van der Waals surface area contributed by atoms with Crippen LogP contribution in [0.5, 0.6) is 0 Å². The molecular formula is C10H20O2. The number of hydrogen-bond donors (Lipinski definition) is 2. The Balaban J connectivity index is 3.57. The molecule has 0 aromatic rings. The number of aliphatic hydroxyl groups excluding tert-OH is 2. The molecule has 0 unspecified atom stereocenters. The van der Waals surface area contributed by atoms with Crippen molar-refractivity contribution in [2.75, 3.05) is 0 Å². The van der Waals surface area contributed by atoms with Gasteiger partial charge in [0.15, 0.2) is 0 Å². The van der Waals surface area contributed by atoms with Crippen LogP contribution in [0, 0.1) is 0 Å². The average Bonchev–Trinajstić information content (AvgIpc) is 2.02. The molecule has 0 aromatic carbocycles. The van der Waals surface area contributed by atoms with Crippen LogP contribution in [-0.4, -0.2) is 22.4 Å². The van der Waals surface area contributed by atoms with Crippen molar-refractivity contribution in [3.63, 3.8) is 0 Å². The van der Waals surface area contributed by atoms with Crippen LogP contribution in [0.3, 0.4) is 0 Å². The minimum atomic E-state index is -0.387. The Morgan fingerprint density at radius 1 is 0.917 bits per heavy atom. The molecule has 0 aliphatic carbocycles. The summed E-state index contributed by atoms with van der Waals surface area (Å²) >= 11 is 0. The molecule has 0 bridgehead atoms. The van der Waals surface area contributed by atoms with E-state index in [1.54, 1.807) is 12.2 Å². The van der Waals surface area contributed by atoms with Crippen molar-refractivity contribution in [2.24, 2.45) is 0 Å². The SMILES string of the molecule is CCC[C@H](O)/C=C/[C@H](O)CCC. The van der Waals surface area contributed by atoms with Crippen molar-refractivity contribution in [2.45, 2.75) is 51.7 Å². The Hall–Kier alpha value is -0.340. The maximum atomic E-state index is 9.27. The van der Waals surface area contributed by atoms with E-state index >= 15 is 0 Å². The zero-order valence-electron chi connectivity index (χ0n) is 8.03. The molecule has 0 rings (SSSR count). The summed E-state index contributed by atoms with van der Waals surface area (Å²) in [5.74, 6) is 0. The molecule has 0 heterocycles. The predicted molar refractivity (Wildman–Crippen MR) is 51.0 cm³/mol. The lowest BCUT2D eigenvalue weighted by molar-refractivity contribution is 0.195. The molecule has 2 N–H and O–H groups in total. The highest BCUT2D eigenvalue weighted by molar-refractivity contribution is 4.93. The van der Waals surface area contributed by atoms with E-state index in [1.165, 1.54) is 0 Å². The molecular weight excluding hydrogens is 152 g/mol. The van der Waals surface area contributed by atoms with Crippen LogP contribution in [0.15, 0.2) is 12.2 Å². The lowest BCUT2D eigenvalue weighted by atomic mass is 10.1. The van der Waals surface area contributed by atoms with Crippen molar-refractivity contribution >= 4 is 0 Å². The normalized spacial score (nSPS) is 16.7. The van der Waals surface area contributed by atoms with Gasteiger partial charge in [-0.2, -0.15) is 0 Å². The third-order valence-electron chi connectivity index (χ3n) is 1.72. The van der Waals surface area contributed by atoms with Gasteiger partial charge in [-0.25, -0.2) is 0 Å². The Kier molecular flexibility index (Phi) is 7.11. The molecule has 0 spiro atoms. The van der Waals surface area contributed by atoms with Crippen LogP contribution >= 0.6 is 0 Å². The van der Waals surface area contributed by atoms with Crippen molar-refractivity contribution < 1.29 is 10.2 Å². The smallest absolute Gasteiger partial charge is 0.0721 e. The second-order valence-electron chi connectivity index (χ2n) is 3.10. The zero-order chi connectivity index (χ0) is 9.40. The van der Waals surface area contributed by atoms with Gasteiger partial charge in [-0.15, -0.1) is 0 Å². The van der Waals surface area contributed by atoms with Gasteiger partial charge in [-0.3, -0.25) is 0 Å². The Morgan fingerprint density at radius 3 is 1.50 bits per heavy atom. The van der Waals surface area contributed by atoms with Gasteiger partial charge in [0.2, 0.25) is 0 Å². The third kappa shape index (κ3) is 6.38. The number of aliphatic hydroxyl groups is 2. The first-order valence-corrected chi connectivity index (χ1v) is 4.75. The van der Waals surface area contributed by atoms with E-state index in [0.717, 1.165) is 25.7 Å². The van der Waals surface area contributed by atoms with Crippen LogP contribution in [0.1, 0.15) is 39.5 Å². The number of rotatable bonds is 6. The third-order valence-corrected chi connectivity index (χ3v) is 1.72. The van der Waals surface area contributed by atoms with E-state index < -0.39 is 0 Å². The summed E-state index contributed by atoms with van der Waals surface area (Å²) in [6, 6.07) is 0. The van der Waals surface area contributed by atoms with E-state index in [0.29, 0.717) is 0 Å². The summed E-state index contributed by atoms with van der Waals surface area (Å²) < 4.78 is 0. The van der Waals surface area contributed by atoms with Crippen LogP contribution in [0.25, 0.3) is 0 Å². The standard InChI is InChI=1S/C10H20O2/c1-3-5-9(11)7-8-10(12)6-4-2/h7-12H,3-6H2,1-2H3/b8-7+/t9-,10+. The van der Waals surface area contributed by atoms with Crippen molar-refractivity contribution in [1.82, 2.24) is 0 Å². The Labute approximate surface area is 74.9 Å². The van der Waals surface area contributed by atoms with Gasteiger partial charge in [-0.1, -0.05) is 38.8 Å². The lowest BCUT2D eigenvalue weighted by Gasteiger charge is -2.05. The summed E-state index contributed by atoms with van der Waals surface area (Å²) in [5, 5.41) is 18.5. The molecule has 2 nitrogen and oxygen atoms in total. The van der Waals surface area contributed by atoms with Crippen LogP contribution < -0.4 is 0 Å². The first-order valence-electron chi connectivity index (χ1n) is 4.75. The second kappa shape index (κ2) is 7.32. The monoisotopic (exact) mass is 172 g/mol. The zero-order valence-corrected chi connectivity index (χ0v) is 8.03. The molecule has 72 valence electrons. The van der Waals surface area contributed by atoms with Crippen LogP contribution in [0.4, 0.5) is 0 Å². The highest BCUT2D eigenvalue weighted by Crippen LogP contribution is 2.01. The minimum Gasteiger partial charge on any atom is -0.389 e. The summed E-state index contributed by atoms with van der Waals surface area (Å²) in [5.41, 5.74) is 0. The fourth-order valence-electron chi connectivity index (χ4n) is 1.04. The van der Waals surface area contributed by atoms with Gasteiger partial charge >= 0.3 is 0 Å². The summed E-state index contributed by atoms with van der Waals surface area (Å²) in [6.07, 6.45) is 6.08. The summed E-state index contributed by atoms with van der Waals surface area (Å²) in [4.78, 5) is 0. The molecule has 0 radical (unpaired) electrons. The molecule has 0 aromatic heterocycles. The Bertz CT molecular complexity index is 107. The van der Waals surface area contributed by atoms with E-state index in [9.17, 15) is 10.2 Å². The van der Waals surface area contributed by atoms with Gasteiger partial charge in [0, 0.05) is 0 Å². The highest BCUT2D eigenvalue weighted by Gasteiger charge is 1.99. The second-order valence-corrected chi connectivity index (χ2v) is 3.10. The molecule has 0 saturated carbocycles. The maximum absolute atomic E-state index is 9.27. The molecule has 0 amide bonds. The molecule has 0 saturated heterocycles. The minimum absolute atomic E-state index is 0.387. The first-order chi connectivity index (χ1) is 5.70. The summed E-state index contributed by atoms with van der Waals surface area (Å²) in [6.45, 7) is 4.05. The lowest BCUT2D eigenvalue weighted by Crippen LogP contribution is -2.05. The van der Waals surface area contributed by atoms with E-state index in [1.807, 2.05) is 13.8 Å². The fourth-order valence-corrected chi connectivity index (χ4v) is 1.04. The van der Waals surface area contributed by atoms with Gasteiger partial charge in [0.25, 0.3) is 0 Å². The molecule has 12 heavy (non-hydrogen) atoms. The van der Waals surface area contributed by atoms with Gasteiger partial charge in [0.05, 0.1) is 12.2 Å². The molecule has 0 fully saturated rings. The van der Waals surface area contributed by atoms with Gasteiger partial charge < -0.3 is 10.2 Å². The molecule has 2 heteroatoms. The van der Waals surface area contributed by atoms with Crippen molar-refractivity contribution in [1.29, 1.82) is 0 Å². The van der Waals surface area contributed by atoms with Gasteiger partial charge in [0.1, 0.15) is 0 Å². The van der Waals surface area contributed by atoms with Crippen molar-refractivity contribution in [3.8, 4) is 0 Å². The number of hydrogen-bond acceptors (Lipinski definition) is 2. The maximum Gasteiger partial charge on any atom is 0.0721 e. The fraction of sp³-hybridized carbons (Fsp3) is 0.800. The van der Waals surface area contributed by atoms with E-state index in [4.69, 9.17) is 0 Å². The molecule has 0 aliphatic heterocycles. The van der Waals surface area contributed by atoms with E-state index in [-0.39, 0.29) is 12.2 Å². The predicted octanol–water partition coefficient (Wildman–Crippen LogP) is 1.86. The largest absolute Gasteiger partial charge is 0.389 e. The van der Waals surface area contributed by atoms with Gasteiger partial charge in [-0.05, 0) is 12.8 Å². The Morgan fingerprint density at radius 2 is 1.25 bits per heavy atom. The topological polar surface area (TPSA) is 40.5 Å². The van der Waals surface area contributed by atoms with Crippen LogP contribution in [0.2, 0.25) is 0 Å². The highest BCUT2D eigenvalue weighted by atomic mass is 16.3. The summed E-state index contributed by atoms with van der Waals surface area (Å²) in [7, 11) is 0. The van der Waals surface area contributed by atoms with E-state index in [2.05, 4.69) is 0 Å². The quantitative estimate of drug-likeness (QED) is 0.600. The average molecular weight is 172 g/mol. The molecule has 2 atom stereocenters.